The lowest BCUT2D eigenvalue weighted by atomic mass is 9.67. The third-order valence-electron chi connectivity index (χ3n) is 9.58. The van der Waals surface area contributed by atoms with E-state index in [-0.39, 0.29) is 0 Å². The lowest BCUT2D eigenvalue weighted by Crippen LogP contribution is -2.28. The number of benzene rings is 7. The van der Waals surface area contributed by atoms with Gasteiger partial charge in [0, 0.05) is 37.2 Å². The van der Waals surface area contributed by atoms with Gasteiger partial charge in [-0.1, -0.05) is 121 Å². The maximum atomic E-state index is 2.45. The molecule has 1 heterocycles. The third-order valence-corrected chi connectivity index (χ3v) is 10.7. The number of nitrogens with zero attached hydrogens (tertiary/aromatic N) is 1. The second-order valence-electron chi connectivity index (χ2n) is 12.2. The van der Waals surface area contributed by atoms with E-state index >= 15 is 0 Å². The molecule has 0 unspecified atom stereocenters. The quantitative estimate of drug-likeness (QED) is 0.189. The molecule has 1 nitrogen and oxygen atoms in total. The molecule has 8 aromatic rings. The highest BCUT2D eigenvalue weighted by Gasteiger charge is 2.46. The highest BCUT2D eigenvalue weighted by molar-refractivity contribution is 7.25. The summed E-state index contributed by atoms with van der Waals surface area (Å²) in [6.45, 7) is 2.17. The van der Waals surface area contributed by atoms with E-state index in [2.05, 4.69) is 182 Å². The van der Waals surface area contributed by atoms with Gasteiger partial charge in [0.05, 0.1) is 5.41 Å². The lowest BCUT2D eigenvalue weighted by Gasteiger charge is -2.35. The number of hydrogen-bond donors (Lipinski definition) is 0. The van der Waals surface area contributed by atoms with E-state index in [0.717, 1.165) is 17.1 Å². The number of thiophene rings is 1. The van der Waals surface area contributed by atoms with Crippen molar-refractivity contribution in [1.82, 2.24) is 0 Å². The fourth-order valence-corrected chi connectivity index (χ4v) is 8.73. The predicted molar refractivity (Wildman–Crippen MR) is 196 cm³/mol. The van der Waals surface area contributed by atoms with Crippen LogP contribution in [0.5, 0.6) is 0 Å². The largest absolute Gasteiger partial charge is 0.310 e. The molecule has 218 valence electrons. The standard InChI is InChI=1S/C44H31NS/c1-30-13-12-18-33(27-30)45(34-24-26-43-39(28-34)38-20-9-11-22-42(38)46-43)35-23-25-37-36-19-8-10-21-40(36)44(41(37)29-35,31-14-4-2-5-15-31)32-16-6-3-7-17-32/h2-29H,1H3. The second kappa shape index (κ2) is 10.6. The van der Waals surface area contributed by atoms with Crippen molar-refractivity contribution in [3.05, 3.63) is 198 Å². The van der Waals surface area contributed by atoms with Gasteiger partial charge in [-0.05, 0) is 94.4 Å². The minimum Gasteiger partial charge on any atom is -0.310 e. The molecule has 0 atom stereocenters. The number of rotatable bonds is 5. The van der Waals surface area contributed by atoms with E-state index in [1.807, 2.05) is 11.3 Å². The van der Waals surface area contributed by atoms with Gasteiger partial charge in [-0.15, -0.1) is 11.3 Å². The van der Waals surface area contributed by atoms with Crippen molar-refractivity contribution in [3.63, 3.8) is 0 Å². The van der Waals surface area contributed by atoms with E-state index in [9.17, 15) is 0 Å². The monoisotopic (exact) mass is 605 g/mol. The van der Waals surface area contributed by atoms with Crippen LogP contribution >= 0.6 is 11.3 Å². The summed E-state index contributed by atoms with van der Waals surface area (Å²) in [4.78, 5) is 2.43. The Bertz CT molecular complexity index is 2350. The summed E-state index contributed by atoms with van der Waals surface area (Å²) in [6, 6.07) is 62.7. The van der Waals surface area contributed by atoms with Crippen molar-refractivity contribution in [2.75, 3.05) is 4.90 Å². The fraction of sp³-hybridized carbons (Fsp3) is 0.0455. The summed E-state index contributed by atoms with van der Waals surface area (Å²) >= 11 is 1.86. The van der Waals surface area contributed by atoms with Crippen LogP contribution in [0, 0.1) is 6.92 Å². The van der Waals surface area contributed by atoms with Gasteiger partial charge in [-0.25, -0.2) is 0 Å². The van der Waals surface area contributed by atoms with Crippen LogP contribution in [0.4, 0.5) is 17.1 Å². The molecular weight excluding hydrogens is 575 g/mol. The molecule has 7 aromatic carbocycles. The van der Waals surface area contributed by atoms with Crippen LogP contribution in [0.1, 0.15) is 27.8 Å². The summed E-state index contributed by atoms with van der Waals surface area (Å²) < 4.78 is 2.63. The smallest absolute Gasteiger partial charge is 0.0714 e. The van der Waals surface area contributed by atoms with Gasteiger partial charge >= 0.3 is 0 Å². The van der Waals surface area contributed by atoms with Crippen molar-refractivity contribution < 1.29 is 0 Å². The zero-order valence-electron chi connectivity index (χ0n) is 25.5. The Morgan fingerprint density at radius 3 is 1.83 bits per heavy atom. The summed E-state index contributed by atoms with van der Waals surface area (Å²) in [5, 5.41) is 2.61. The average molecular weight is 606 g/mol. The number of hydrogen-bond acceptors (Lipinski definition) is 2. The molecule has 1 aromatic heterocycles. The Morgan fingerprint density at radius 2 is 1.04 bits per heavy atom. The van der Waals surface area contributed by atoms with E-state index in [1.165, 1.54) is 59.1 Å². The molecule has 0 saturated heterocycles. The van der Waals surface area contributed by atoms with Crippen LogP contribution in [0.15, 0.2) is 170 Å². The Hall–Kier alpha value is -5.44. The molecule has 0 radical (unpaired) electrons. The van der Waals surface area contributed by atoms with Gasteiger partial charge < -0.3 is 4.90 Å². The van der Waals surface area contributed by atoms with Gasteiger partial charge in [0.2, 0.25) is 0 Å². The number of aryl methyl sites for hydroxylation is 1. The molecule has 0 N–H and O–H groups in total. The Balaban J connectivity index is 1.33. The van der Waals surface area contributed by atoms with Crippen LogP contribution in [-0.2, 0) is 5.41 Å². The highest BCUT2D eigenvalue weighted by Crippen LogP contribution is 2.57. The molecule has 9 rings (SSSR count). The van der Waals surface area contributed by atoms with Gasteiger partial charge in [0.1, 0.15) is 0 Å². The first-order valence-corrected chi connectivity index (χ1v) is 16.7. The van der Waals surface area contributed by atoms with Gasteiger partial charge in [-0.2, -0.15) is 0 Å². The molecule has 0 saturated carbocycles. The normalized spacial score (nSPS) is 13.1. The van der Waals surface area contributed by atoms with Crippen molar-refractivity contribution in [2.24, 2.45) is 0 Å². The first-order chi connectivity index (χ1) is 22.7. The molecular formula is C44H31NS. The van der Waals surface area contributed by atoms with E-state index in [1.54, 1.807) is 0 Å². The third kappa shape index (κ3) is 4.00. The number of fused-ring (bicyclic) bond motifs is 6. The maximum Gasteiger partial charge on any atom is 0.0714 e. The summed E-state index contributed by atoms with van der Waals surface area (Å²) in [5.74, 6) is 0. The molecule has 2 heteroatoms. The van der Waals surface area contributed by atoms with E-state index < -0.39 is 5.41 Å². The zero-order chi connectivity index (χ0) is 30.7. The SMILES string of the molecule is Cc1cccc(N(c2ccc3c(c2)C(c2ccccc2)(c2ccccc2)c2ccccc2-3)c2ccc3sc4ccccc4c3c2)c1. The van der Waals surface area contributed by atoms with Crippen molar-refractivity contribution in [1.29, 1.82) is 0 Å². The Kier molecular flexibility index (Phi) is 6.19. The first-order valence-electron chi connectivity index (χ1n) is 15.9. The Morgan fingerprint density at radius 1 is 0.435 bits per heavy atom. The predicted octanol–water partition coefficient (Wildman–Crippen LogP) is 12.2. The minimum absolute atomic E-state index is 0.448. The second-order valence-corrected chi connectivity index (χ2v) is 13.3. The van der Waals surface area contributed by atoms with Crippen LogP contribution in [0.25, 0.3) is 31.3 Å². The molecule has 0 fully saturated rings. The highest BCUT2D eigenvalue weighted by atomic mass is 32.1. The molecule has 0 amide bonds. The molecule has 0 aliphatic heterocycles. The summed E-state index contributed by atoms with van der Waals surface area (Å²) in [5.41, 5.74) is 12.0. The minimum atomic E-state index is -0.448. The van der Waals surface area contributed by atoms with Crippen molar-refractivity contribution >= 4 is 48.6 Å². The topological polar surface area (TPSA) is 3.24 Å². The molecule has 0 bridgehead atoms. The van der Waals surface area contributed by atoms with Crippen LogP contribution in [0.2, 0.25) is 0 Å². The summed E-state index contributed by atoms with van der Waals surface area (Å²) in [7, 11) is 0. The van der Waals surface area contributed by atoms with Crippen LogP contribution < -0.4 is 4.90 Å². The van der Waals surface area contributed by atoms with Gasteiger partial charge in [0.15, 0.2) is 0 Å². The van der Waals surface area contributed by atoms with E-state index in [4.69, 9.17) is 0 Å². The summed E-state index contributed by atoms with van der Waals surface area (Å²) in [6.07, 6.45) is 0. The lowest BCUT2D eigenvalue weighted by molar-refractivity contribution is 0.768. The van der Waals surface area contributed by atoms with Crippen LogP contribution in [-0.4, -0.2) is 0 Å². The molecule has 0 spiro atoms. The van der Waals surface area contributed by atoms with Gasteiger partial charge in [0.25, 0.3) is 0 Å². The Labute approximate surface area is 273 Å². The zero-order valence-corrected chi connectivity index (χ0v) is 26.3. The average Bonchev–Trinajstić information content (AvgIpc) is 3.63. The first kappa shape index (κ1) is 26.9. The molecule has 46 heavy (non-hydrogen) atoms. The number of anilines is 3. The van der Waals surface area contributed by atoms with Gasteiger partial charge in [-0.3, -0.25) is 0 Å². The maximum absolute atomic E-state index is 2.45. The van der Waals surface area contributed by atoms with Crippen molar-refractivity contribution in [3.8, 4) is 11.1 Å². The van der Waals surface area contributed by atoms with Crippen molar-refractivity contribution in [2.45, 2.75) is 12.3 Å². The molecule has 1 aliphatic rings. The fourth-order valence-electron chi connectivity index (χ4n) is 7.64. The molecule has 1 aliphatic carbocycles. The van der Waals surface area contributed by atoms with Crippen LogP contribution in [0.3, 0.4) is 0 Å². The van der Waals surface area contributed by atoms with E-state index in [0.29, 0.717) is 0 Å².